The number of ether oxygens (including phenoxy) is 1. The minimum atomic E-state index is 0.0113. The van der Waals surface area contributed by atoms with E-state index in [9.17, 15) is 9.59 Å². The van der Waals surface area contributed by atoms with Crippen LogP contribution in [0.15, 0.2) is 17.2 Å². The van der Waals surface area contributed by atoms with Crippen molar-refractivity contribution in [1.82, 2.24) is 15.1 Å². The van der Waals surface area contributed by atoms with Crippen LogP contribution in [0.5, 0.6) is 0 Å². The fourth-order valence-electron chi connectivity index (χ4n) is 2.08. The average Bonchev–Trinajstić information content (AvgIpc) is 3.40. The van der Waals surface area contributed by atoms with Gasteiger partial charge in [-0.25, -0.2) is 0 Å². The molecule has 2 fully saturated rings. The molecule has 2 aliphatic rings. The van der Waals surface area contributed by atoms with Crippen LogP contribution in [0.25, 0.3) is 0 Å². The number of morpholine rings is 1. The fraction of sp³-hybridized carbons (Fsp3) is 0.571. The molecular formula is C14H18N4O3S. The molecule has 1 saturated carbocycles. The smallest absolute Gasteiger partial charge is 0.233 e. The Kier molecular flexibility index (Phi) is 4.89. The largest absolute Gasteiger partial charge is 0.378 e. The van der Waals surface area contributed by atoms with Crippen LogP contribution >= 0.6 is 11.8 Å². The maximum absolute atomic E-state index is 12.0. The maximum Gasteiger partial charge on any atom is 0.233 e. The standard InChI is InChI=1S/C14H18N4O3S/c19-13(18-5-7-21-8-6-18)9-22-12-4-3-11(16-17-12)15-14(20)10-1-2-10/h3-4,10H,1-2,5-9H2,(H,15,16,20). The van der Waals surface area contributed by atoms with Crippen LogP contribution in [0.4, 0.5) is 5.82 Å². The van der Waals surface area contributed by atoms with E-state index in [1.165, 1.54) is 11.8 Å². The summed E-state index contributed by atoms with van der Waals surface area (Å²) in [5.74, 6) is 1.03. The lowest BCUT2D eigenvalue weighted by Gasteiger charge is -2.26. The highest BCUT2D eigenvalue weighted by atomic mass is 32.2. The van der Waals surface area contributed by atoms with Crippen LogP contribution in [0.1, 0.15) is 12.8 Å². The van der Waals surface area contributed by atoms with Crippen molar-refractivity contribution < 1.29 is 14.3 Å². The lowest BCUT2D eigenvalue weighted by Crippen LogP contribution is -2.41. The summed E-state index contributed by atoms with van der Waals surface area (Å²) in [5.41, 5.74) is 0. The zero-order chi connectivity index (χ0) is 15.4. The number of nitrogens with one attached hydrogen (secondary N) is 1. The number of carbonyl (C=O) groups is 2. The predicted molar refractivity (Wildman–Crippen MR) is 81.5 cm³/mol. The Bertz CT molecular complexity index is 542. The second-order valence-corrected chi connectivity index (χ2v) is 6.30. The van der Waals surface area contributed by atoms with Crippen LogP contribution < -0.4 is 5.32 Å². The van der Waals surface area contributed by atoms with E-state index >= 15 is 0 Å². The van der Waals surface area contributed by atoms with E-state index in [2.05, 4.69) is 15.5 Å². The first kappa shape index (κ1) is 15.2. The molecule has 2 heterocycles. The molecule has 3 rings (SSSR count). The van der Waals surface area contributed by atoms with Crippen molar-refractivity contribution >= 4 is 29.4 Å². The summed E-state index contributed by atoms with van der Waals surface area (Å²) in [6.45, 7) is 2.51. The molecule has 1 aliphatic heterocycles. The highest BCUT2D eigenvalue weighted by molar-refractivity contribution is 7.99. The van der Waals surface area contributed by atoms with Crippen molar-refractivity contribution in [3.63, 3.8) is 0 Å². The molecule has 2 amide bonds. The van der Waals surface area contributed by atoms with Gasteiger partial charge in [0.2, 0.25) is 11.8 Å². The topological polar surface area (TPSA) is 84.4 Å². The van der Waals surface area contributed by atoms with Crippen molar-refractivity contribution in [3.8, 4) is 0 Å². The number of nitrogens with zero attached hydrogens (tertiary/aromatic N) is 3. The van der Waals surface area contributed by atoms with Gasteiger partial charge in [-0.2, -0.15) is 0 Å². The minimum absolute atomic E-state index is 0.0113. The molecule has 0 spiro atoms. The van der Waals surface area contributed by atoms with E-state index in [0.717, 1.165) is 12.8 Å². The number of carbonyl (C=O) groups excluding carboxylic acids is 2. The molecule has 1 N–H and O–H groups in total. The summed E-state index contributed by atoms with van der Waals surface area (Å²) in [6, 6.07) is 3.49. The Morgan fingerprint density at radius 1 is 1.27 bits per heavy atom. The van der Waals surface area contributed by atoms with Crippen molar-refractivity contribution in [2.75, 3.05) is 37.4 Å². The lowest BCUT2D eigenvalue weighted by molar-refractivity contribution is -0.132. The Labute approximate surface area is 132 Å². The summed E-state index contributed by atoms with van der Waals surface area (Å²) in [4.78, 5) is 25.4. The van der Waals surface area contributed by atoms with Gasteiger partial charge in [0.15, 0.2) is 5.82 Å². The third-order valence-electron chi connectivity index (χ3n) is 3.55. The lowest BCUT2D eigenvalue weighted by atomic mass is 10.4. The van der Waals surface area contributed by atoms with E-state index < -0.39 is 0 Å². The highest BCUT2D eigenvalue weighted by Crippen LogP contribution is 2.29. The van der Waals surface area contributed by atoms with Crippen LogP contribution in [-0.2, 0) is 14.3 Å². The Morgan fingerprint density at radius 3 is 2.68 bits per heavy atom. The summed E-state index contributed by atoms with van der Waals surface area (Å²) >= 11 is 1.35. The summed E-state index contributed by atoms with van der Waals surface area (Å²) in [6.07, 6.45) is 1.91. The van der Waals surface area contributed by atoms with E-state index in [1.807, 2.05) is 0 Å². The third kappa shape index (κ3) is 4.17. The molecule has 0 unspecified atom stereocenters. The van der Waals surface area contributed by atoms with Crippen LogP contribution in [0.3, 0.4) is 0 Å². The van der Waals surface area contributed by atoms with Gasteiger partial charge in [0.05, 0.1) is 19.0 Å². The summed E-state index contributed by atoms with van der Waals surface area (Å²) in [7, 11) is 0. The monoisotopic (exact) mass is 322 g/mol. The second-order valence-electron chi connectivity index (χ2n) is 5.30. The molecule has 0 radical (unpaired) electrons. The van der Waals surface area contributed by atoms with E-state index in [1.54, 1.807) is 17.0 Å². The number of thioether (sulfide) groups is 1. The Balaban J connectivity index is 1.46. The minimum Gasteiger partial charge on any atom is -0.378 e. The molecule has 0 bridgehead atoms. The van der Waals surface area contributed by atoms with E-state index in [-0.39, 0.29) is 17.7 Å². The Morgan fingerprint density at radius 2 is 2.05 bits per heavy atom. The first-order valence-corrected chi connectivity index (χ1v) is 8.34. The van der Waals surface area contributed by atoms with Crippen LogP contribution in [0, 0.1) is 5.92 Å². The quantitative estimate of drug-likeness (QED) is 0.806. The molecule has 1 aliphatic carbocycles. The summed E-state index contributed by atoms with van der Waals surface area (Å²) in [5, 5.41) is 11.4. The first-order valence-electron chi connectivity index (χ1n) is 7.35. The third-order valence-corrected chi connectivity index (χ3v) is 4.45. The van der Waals surface area contributed by atoms with Crippen molar-refractivity contribution in [2.45, 2.75) is 17.9 Å². The maximum atomic E-state index is 12.0. The molecule has 1 saturated heterocycles. The van der Waals surface area contributed by atoms with Gasteiger partial charge in [0, 0.05) is 19.0 Å². The molecule has 1 aromatic heterocycles. The van der Waals surface area contributed by atoms with Gasteiger partial charge in [-0.1, -0.05) is 11.8 Å². The first-order chi connectivity index (χ1) is 10.7. The zero-order valence-corrected chi connectivity index (χ0v) is 13.0. The Hall–Kier alpha value is -1.67. The van der Waals surface area contributed by atoms with Crippen molar-refractivity contribution in [2.24, 2.45) is 5.92 Å². The highest BCUT2D eigenvalue weighted by Gasteiger charge is 2.29. The number of aromatic nitrogens is 2. The molecule has 22 heavy (non-hydrogen) atoms. The molecule has 0 aromatic carbocycles. The van der Waals surface area contributed by atoms with Gasteiger partial charge in [-0.15, -0.1) is 10.2 Å². The molecule has 0 atom stereocenters. The predicted octanol–water partition coefficient (Wildman–Crippen LogP) is 0.776. The van der Waals surface area contributed by atoms with E-state index in [0.29, 0.717) is 42.9 Å². The molecule has 8 heteroatoms. The number of amides is 2. The van der Waals surface area contributed by atoms with Gasteiger partial charge in [0.1, 0.15) is 5.03 Å². The molecular weight excluding hydrogens is 304 g/mol. The van der Waals surface area contributed by atoms with Gasteiger partial charge in [-0.05, 0) is 25.0 Å². The van der Waals surface area contributed by atoms with Gasteiger partial charge in [0.25, 0.3) is 0 Å². The summed E-state index contributed by atoms with van der Waals surface area (Å²) < 4.78 is 5.22. The normalized spacial score (nSPS) is 18.1. The van der Waals surface area contributed by atoms with Gasteiger partial charge < -0.3 is 15.0 Å². The molecule has 1 aromatic rings. The van der Waals surface area contributed by atoms with Crippen molar-refractivity contribution in [3.05, 3.63) is 12.1 Å². The van der Waals surface area contributed by atoms with Gasteiger partial charge >= 0.3 is 0 Å². The molecule has 118 valence electrons. The van der Waals surface area contributed by atoms with Crippen LogP contribution in [-0.4, -0.2) is 59.0 Å². The zero-order valence-electron chi connectivity index (χ0n) is 12.2. The number of rotatable bonds is 5. The molecule has 7 nitrogen and oxygen atoms in total. The van der Waals surface area contributed by atoms with Crippen LogP contribution in [0.2, 0.25) is 0 Å². The number of hydrogen-bond donors (Lipinski definition) is 1. The average molecular weight is 322 g/mol. The SMILES string of the molecule is O=C(Nc1ccc(SCC(=O)N2CCOCC2)nn1)C1CC1. The van der Waals surface area contributed by atoms with E-state index in [4.69, 9.17) is 4.74 Å². The second kappa shape index (κ2) is 7.06. The number of hydrogen-bond acceptors (Lipinski definition) is 6. The fourth-order valence-corrected chi connectivity index (χ4v) is 2.79. The van der Waals surface area contributed by atoms with Crippen molar-refractivity contribution in [1.29, 1.82) is 0 Å². The number of anilines is 1. The van der Waals surface area contributed by atoms with Gasteiger partial charge in [-0.3, -0.25) is 9.59 Å².